The minimum Gasteiger partial charge on any atom is -0.423 e. The fourth-order valence-corrected chi connectivity index (χ4v) is 5.43. The van der Waals surface area contributed by atoms with E-state index in [1.54, 1.807) is 36.4 Å². The zero-order valence-electron chi connectivity index (χ0n) is 19.5. The molecular formula is C27H22N4O4S. The summed E-state index contributed by atoms with van der Waals surface area (Å²) in [5.74, 6) is 6.17. The molecule has 0 unspecified atom stereocenters. The van der Waals surface area contributed by atoms with Crippen LogP contribution >= 0.6 is 0 Å². The van der Waals surface area contributed by atoms with Gasteiger partial charge in [-0.3, -0.25) is 0 Å². The molecule has 180 valence electrons. The highest BCUT2D eigenvalue weighted by molar-refractivity contribution is 7.90. The maximum Gasteiger partial charge on any atom is 0.298 e. The van der Waals surface area contributed by atoms with Crippen LogP contribution in [-0.2, 0) is 14.8 Å². The van der Waals surface area contributed by atoms with Gasteiger partial charge in [0.05, 0.1) is 23.6 Å². The van der Waals surface area contributed by atoms with Crippen molar-refractivity contribution < 1.29 is 17.6 Å². The molecule has 0 atom stereocenters. The number of morpholine rings is 1. The molecule has 2 aromatic heterocycles. The first kappa shape index (κ1) is 22.3. The standard InChI is InChI=1S/C27H22N4O4S/c1-19-6-10-21(11-7-19)36(32,33)31-25-5-3-2-4-22(25)23(29-31)12-8-20-9-13-26-24(18-20)28-27(35-26)30-14-16-34-17-15-30/h2-7,9-11,13,18H,14-17H2,1H3. The van der Waals surface area contributed by atoms with Crippen LogP contribution in [0.4, 0.5) is 6.01 Å². The van der Waals surface area contributed by atoms with Crippen molar-refractivity contribution in [2.75, 3.05) is 31.2 Å². The van der Waals surface area contributed by atoms with Crippen LogP contribution in [0.25, 0.3) is 22.0 Å². The van der Waals surface area contributed by atoms with Gasteiger partial charge in [0.2, 0.25) is 0 Å². The summed E-state index contributed by atoms with van der Waals surface area (Å²) in [5.41, 5.74) is 3.96. The second-order valence-corrected chi connectivity index (χ2v) is 10.3. The summed E-state index contributed by atoms with van der Waals surface area (Å²) in [7, 11) is -3.88. The molecule has 5 aromatic rings. The van der Waals surface area contributed by atoms with Gasteiger partial charge in [-0.25, -0.2) is 0 Å². The molecule has 1 aliphatic rings. The molecule has 0 aliphatic carbocycles. The first-order valence-corrected chi connectivity index (χ1v) is 13.0. The van der Waals surface area contributed by atoms with Crippen molar-refractivity contribution in [3.63, 3.8) is 0 Å². The van der Waals surface area contributed by atoms with Gasteiger partial charge in [0, 0.05) is 24.0 Å². The molecule has 1 fully saturated rings. The molecule has 3 aromatic carbocycles. The second kappa shape index (κ2) is 8.82. The van der Waals surface area contributed by atoms with E-state index in [0.29, 0.717) is 46.9 Å². The van der Waals surface area contributed by atoms with Crippen LogP contribution in [0.5, 0.6) is 0 Å². The van der Waals surface area contributed by atoms with Crippen LogP contribution in [0.3, 0.4) is 0 Å². The van der Waals surface area contributed by atoms with Gasteiger partial charge in [0.25, 0.3) is 16.0 Å². The van der Waals surface area contributed by atoms with Crippen molar-refractivity contribution >= 4 is 38.0 Å². The molecule has 8 nitrogen and oxygen atoms in total. The lowest BCUT2D eigenvalue weighted by Gasteiger charge is -2.24. The van der Waals surface area contributed by atoms with E-state index in [1.165, 1.54) is 0 Å². The first-order valence-electron chi connectivity index (χ1n) is 11.5. The summed E-state index contributed by atoms with van der Waals surface area (Å²) in [5, 5.41) is 5.07. The maximum absolute atomic E-state index is 13.3. The zero-order chi connectivity index (χ0) is 24.7. The third-order valence-corrected chi connectivity index (χ3v) is 7.69. The van der Waals surface area contributed by atoms with Crippen molar-refractivity contribution in [3.8, 4) is 11.8 Å². The molecule has 0 N–H and O–H groups in total. The number of nitrogens with zero attached hydrogens (tertiary/aromatic N) is 4. The Morgan fingerprint density at radius 2 is 1.72 bits per heavy atom. The number of aromatic nitrogens is 3. The van der Waals surface area contributed by atoms with Crippen LogP contribution in [0.15, 0.2) is 76.0 Å². The SMILES string of the molecule is Cc1ccc(S(=O)(=O)n2nc(C#Cc3ccc4oc(N5CCOCC5)nc4c3)c3ccccc32)cc1. The quantitative estimate of drug-likeness (QED) is 0.348. The molecule has 6 rings (SSSR count). The van der Waals surface area contributed by atoms with Crippen molar-refractivity contribution in [3.05, 3.63) is 83.6 Å². The number of anilines is 1. The van der Waals surface area contributed by atoms with Gasteiger partial charge in [0.15, 0.2) is 5.58 Å². The van der Waals surface area contributed by atoms with Crippen LogP contribution in [0.2, 0.25) is 0 Å². The fraction of sp³-hybridized carbons (Fsp3) is 0.185. The third kappa shape index (κ3) is 4.00. The van der Waals surface area contributed by atoms with Gasteiger partial charge in [-0.05, 0) is 55.3 Å². The number of hydrogen-bond acceptors (Lipinski definition) is 7. The Morgan fingerprint density at radius 1 is 0.944 bits per heavy atom. The van der Waals surface area contributed by atoms with Gasteiger partial charge >= 0.3 is 0 Å². The first-order chi connectivity index (χ1) is 17.5. The van der Waals surface area contributed by atoms with Crippen LogP contribution in [0.1, 0.15) is 16.8 Å². The highest BCUT2D eigenvalue weighted by Crippen LogP contribution is 2.25. The largest absolute Gasteiger partial charge is 0.423 e. The summed E-state index contributed by atoms with van der Waals surface area (Å²) < 4.78 is 39.1. The van der Waals surface area contributed by atoms with Crippen molar-refractivity contribution in [1.82, 2.24) is 14.2 Å². The fourth-order valence-electron chi connectivity index (χ4n) is 4.14. The van der Waals surface area contributed by atoms with E-state index in [-0.39, 0.29) is 4.90 Å². The molecule has 0 bridgehead atoms. The Bertz CT molecular complexity index is 1750. The Balaban J connectivity index is 1.37. The van der Waals surface area contributed by atoms with Crippen LogP contribution < -0.4 is 4.90 Å². The number of ether oxygens (including phenoxy) is 1. The Hall–Kier alpha value is -4.13. The van der Waals surface area contributed by atoms with Gasteiger partial charge < -0.3 is 14.1 Å². The molecule has 0 radical (unpaired) electrons. The van der Waals surface area contributed by atoms with Crippen LogP contribution in [0, 0.1) is 18.8 Å². The number of hydrogen-bond donors (Lipinski definition) is 0. The van der Waals surface area contributed by atoms with Gasteiger partial charge in [-0.2, -0.15) is 17.5 Å². The molecule has 3 heterocycles. The van der Waals surface area contributed by atoms with Crippen molar-refractivity contribution in [2.45, 2.75) is 11.8 Å². The smallest absolute Gasteiger partial charge is 0.298 e. The Labute approximate surface area is 208 Å². The van der Waals surface area contributed by atoms with E-state index in [0.717, 1.165) is 28.3 Å². The summed E-state index contributed by atoms with van der Waals surface area (Å²) in [6, 6.07) is 20.0. The van der Waals surface area contributed by atoms with Crippen molar-refractivity contribution in [1.29, 1.82) is 0 Å². The summed E-state index contributed by atoms with van der Waals surface area (Å²) in [6.45, 7) is 4.68. The number of para-hydroxylation sites is 1. The van der Waals surface area contributed by atoms with Gasteiger partial charge in [0.1, 0.15) is 11.2 Å². The van der Waals surface area contributed by atoms with E-state index in [9.17, 15) is 8.42 Å². The number of fused-ring (bicyclic) bond motifs is 2. The van der Waals surface area contributed by atoms with E-state index < -0.39 is 10.0 Å². The second-order valence-electron chi connectivity index (χ2n) is 8.56. The van der Waals surface area contributed by atoms with Crippen LogP contribution in [-0.4, -0.2) is 48.9 Å². The number of rotatable bonds is 3. The lowest BCUT2D eigenvalue weighted by atomic mass is 10.2. The lowest BCUT2D eigenvalue weighted by molar-refractivity contribution is 0.120. The number of benzene rings is 3. The summed E-state index contributed by atoms with van der Waals surface area (Å²) in [4.78, 5) is 6.85. The minimum atomic E-state index is -3.88. The van der Waals surface area contributed by atoms with E-state index in [2.05, 4.69) is 26.8 Å². The van der Waals surface area contributed by atoms with Gasteiger partial charge in [-0.15, -0.1) is 5.10 Å². The average molecular weight is 499 g/mol. The molecule has 0 spiro atoms. The normalized spacial score (nSPS) is 14.2. The highest BCUT2D eigenvalue weighted by atomic mass is 32.2. The molecule has 9 heteroatoms. The third-order valence-electron chi connectivity index (χ3n) is 6.09. The molecule has 0 saturated carbocycles. The predicted octanol–water partition coefficient (Wildman–Crippen LogP) is 3.96. The summed E-state index contributed by atoms with van der Waals surface area (Å²) >= 11 is 0. The number of aryl methyl sites for hydroxylation is 1. The topological polar surface area (TPSA) is 90.5 Å². The Kier molecular flexibility index (Phi) is 5.48. The van der Waals surface area contributed by atoms with E-state index in [1.807, 2.05) is 37.3 Å². The predicted molar refractivity (Wildman–Crippen MR) is 137 cm³/mol. The zero-order valence-corrected chi connectivity index (χ0v) is 20.3. The molecule has 1 saturated heterocycles. The molecule has 0 amide bonds. The monoisotopic (exact) mass is 498 g/mol. The molecule has 1 aliphatic heterocycles. The van der Waals surface area contributed by atoms with E-state index >= 15 is 0 Å². The lowest BCUT2D eigenvalue weighted by Crippen LogP contribution is -2.36. The average Bonchev–Trinajstić information content (AvgIpc) is 3.50. The summed E-state index contributed by atoms with van der Waals surface area (Å²) in [6.07, 6.45) is 0. The molecular weight excluding hydrogens is 476 g/mol. The number of oxazole rings is 1. The van der Waals surface area contributed by atoms with E-state index in [4.69, 9.17) is 9.15 Å². The minimum absolute atomic E-state index is 0.174. The molecule has 36 heavy (non-hydrogen) atoms. The highest BCUT2D eigenvalue weighted by Gasteiger charge is 2.22. The van der Waals surface area contributed by atoms with Gasteiger partial charge in [-0.1, -0.05) is 35.7 Å². The Morgan fingerprint density at radius 3 is 2.53 bits per heavy atom. The van der Waals surface area contributed by atoms with Crippen molar-refractivity contribution in [2.24, 2.45) is 0 Å². The maximum atomic E-state index is 13.3.